The molecular weight excluding hydrogens is 436 g/mol. The fourth-order valence-corrected chi connectivity index (χ4v) is 4.44. The van der Waals surface area contributed by atoms with Crippen molar-refractivity contribution in [3.63, 3.8) is 0 Å². The highest BCUT2D eigenvalue weighted by Crippen LogP contribution is 2.30. The first-order valence-corrected chi connectivity index (χ1v) is 11.6. The van der Waals surface area contributed by atoms with Crippen LogP contribution in [0.2, 0.25) is 0 Å². The third kappa shape index (κ3) is 4.66. The topological polar surface area (TPSA) is 93.2 Å². The Bertz CT molecular complexity index is 1100. The van der Waals surface area contributed by atoms with Crippen molar-refractivity contribution < 1.29 is 28.7 Å². The number of esters is 1. The molecule has 0 bridgehead atoms. The first-order chi connectivity index (χ1) is 16.4. The van der Waals surface area contributed by atoms with Gasteiger partial charge < -0.3 is 14.4 Å². The number of hydrogen-bond acceptors (Lipinski definition) is 6. The van der Waals surface area contributed by atoms with E-state index in [4.69, 9.17) is 9.47 Å². The smallest absolute Gasteiger partial charge is 0.338 e. The van der Waals surface area contributed by atoms with Crippen molar-refractivity contribution in [2.75, 3.05) is 25.2 Å². The van der Waals surface area contributed by atoms with E-state index >= 15 is 0 Å². The Morgan fingerprint density at radius 2 is 1.65 bits per heavy atom. The van der Waals surface area contributed by atoms with Crippen LogP contribution in [-0.2, 0) is 9.53 Å². The largest absolute Gasteiger partial charge is 0.494 e. The second-order valence-electron chi connectivity index (χ2n) is 8.51. The van der Waals surface area contributed by atoms with E-state index < -0.39 is 17.8 Å². The van der Waals surface area contributed by atoms with Crippen molar-refractivity contribution in [3.8, 4) is 5.75 Å². The van der Waals surface area contributed by atoms with Crippen molar-refractivity contribution >= 4 is 29.4 Å². The summed E-state index contributed by atoms with van der Waals surface area (Å²) in [5, 5.41) is 0. The van der Waals surface area contributed by atoms with E-state index in [-0.39, 0.29) is 35.2 Å². The maximum atomic E-state index is 13.0. The van der Waals surface area contributed by atoms with E-state index in [1.807, 2.05) is 6.92 Å². The lowest BCUT2D eigenvalue weighted by molar-refractivity contribution is -0.135. The van der Waals surface area contributed by atoms with E-state index in [1.54, 1.807) is 36.2 Å². The molecule has 8 nitrogen and oxygen atoms in total. The van der Waals surface area contributed by atoms with Gasteiger partial charge in [0.05, 0.1) is 29.0 Å². The van der Waals surface area contributed by atoms with Crippen LogP contribution in [0.25, 0.3) is 0 Å². The van der Waals surface area contributed by atoms with E-state index in [9.17, 15) is 19.2 Å². The van der Waals surface area contributed by atoms with Gasteiger partial charge in [0.15, 0.2) is 6.61 Å². The van der Waals surface area contributed by atoms with E-state index in [0.29, 0.717) is 18.0 Å². The monoisotopic (exact) mass is 464 g/mol. The number of imide groups is 1. The lowest BCUT2D eigenvalue weighted by Crippen LogP contribution is -2.40. The molecule has 2 aromatic carbocycles. The van der Waals surface area contributed by atoms with Gasteiger partial charge in [-0.2, -0.15) is 0 Å². The number of carbonyl (C=O) groups excluding carboxylic acids is 4. The Balaban J connectivity index is 1.43. The highest BCUT2D eigenvalue weighted by atomic mass is 16.5. The summed E-state index contributed by atoms with van der Waals surface area (Å²) < 4.78 is 10.6. The van der Waals surface area contributed by atoms with Gasteiger partial charge >= 0.3 is 5.97 Å². The zero-order chi connectivity index (χ0) is 24.2. The Hall–Kier alpha value is -3.68. The molecule has 8 heteroatoms. The molecule has 1 saturated carbocycles. The second-order valence-corrected chi connectivity index (χ2v) is 8.51. The molecule has 3 amide bonds. The Morgan fingerprint density at radius 1 is 0.971 bits per heavy atom. The van der Waals surface area contributed by atoms with Crippen molar-refractivity contribution in [1.82, 2.24) is 4.90 Å². The van der Waals surface area contributed by atoms with Crippen LogP contribution in [0.1, 0.15) is 70.1 Å². The van der Waals surface area contributed by atoms with Gasteiger partial charge in [0.1, 0.15) is 5.75 Å². The number of benzene rings is 2. The standard InChI is InChI=1S/C26H28N2O6/c1-3-33-20-12-10-19(11-13-20)28-24(30)21-14-9-17(15-22(21)25(28)31)26(32)34-16-23(29)27(2)18-7-5-4-6-8-18/h9-15,18H,3-8,16H2,1-2H3. The predicted octanol–water partition coefficient (Wildman–Crippen LogP) is 3.83. The summed E-state index contributed by atoms with van der Waals surface area (Å²) >= 11 is 0. The highest BCUT2D eigenvalue weighted by molar-refractivity contribution is 6.34. The minimum absolute atomic E-state index is 0.113. The zero-order valence-corrected chi connectivity index (χ0v) is 19.4. The van der Waals surface area contributed by atoms with Crippen LogP contribution < -0.4 is 9.64 Å². The van der Waals surface area contributed by atoms with E-state index in [1.165, 1.54) is 24.6 Å². The van der Waals surface area contributed by atoms with Crippen LogP contribution in [0.5, 0.6) is 5.75 Å². The van der Waals surface area contributed by atoms with Crippen LogP contribution in [0.4, 0.5) is 5.69 Å². The van der Waals surface area contributed by atoms with E-state index in [2.05, 4.69) is 0 Å². The molecule has 178 valence electrons. The molecule has 0 spiro atoms. The Morgan fingerprint density at radius 3 is 2.32 bits per heavy atom. The van der Waals surface area contributed by atoms with Crippen LogP contribution in [0.3, 0.4) is 0 Å². The highest BCUT2D eigenvalue weighted by Gasteiger charge is 2.37. The summed E-state index contributed by atoms with van der Waals surface area (Å²) in [6, 6.07) is 11.0. The third-order valence-electron chi connectivity index (χ3n) is 6.37. The number of rotatable bonds is 7. The number of likely N-dealkylation sites (N-methyl/N-ethyl adjacent to an activating group) is 1. The molecule has 0 aromatic heterocycles. The lowest BCUT2D eigenvalue weighted by Gasteiger charge is -2.31. The number of nitrogens with zero attached hydrogens (tertiary/aromatic N) is 2. The SMILES string of the molecule is CCOc1ccc(N2C(=O)c3ccc(C(=O)OCC(=O)N(C)C4CCCCC4)cc3C2=O)cc1. The van der Waals surface area contributed by atoms with Crippen molar-refractivity contribution in [1.29, 1.82) is 0 Å². The molecule has 0 unspecified atom stereocenters. The van der Waals surface area contributed by atoms with Crippen molar-refractivity contribution in [2.45, 2.75) is 45.1 Å². The number of ether oxygens (including phenoxy) is 2. The quantitative estimate of drug-likeness (QED) is 0.457. The van der Waals surface area contributed by atoms with Gasteiger partial charge in [0.2, 0.25) is 0 Å². The first kappa shape index (κ1) is 23.5. The molecular formula is C26H28N2O6. The fraction of sp³-hybridized carbons (Fsp3) is 0.385. The van der Waals surface area contributed by atoms with Gasteiger partial charge in [-0.3, -0.25) is 14.4 Å². The van der Waals surface area contributed by atoms with Crippen molar-refractivity contribution in [2.24, 2.45) is 0 Å². The molecule has 4 rings (SSSR count). The molecule has 1 aliphatic heterocycles. The Kier molecular flexibility index (Phi) is 6.95. The maximum absolute atomic E-state index is 13.0. The van der Waals surface area contributed by atoms with Crippen LogP contribution in [0, 0.1) is 0 Å². The fourth-order valence-electron chi connectivity index (χ4n) is 4.44. The summed E-state index contributed by atoms with van der Waals surface area (Å²) in [6.45, 7) is 2.01. The molecule has 1 aliphatic carbocycles. The Labute approximate surface area is 198 Å². The third-order valence-corrected chi connectivity index (χ3v) is 6.37. The molecule has 34 heavy (non-hydrogen) atoms. The molecule has 2 aromatic rings. The number of anilines is 1. The summed E-state index contributed by atoms with van der Waals surface area (Å²) in [4.78, 5) is 53.6. The van der Waals surface area contributed by atoms with Gasteiger partial charge in [0.25, 0.3) is 17.7 Å². The van der Waals surface area contributed by atoms with Gasteiger partial charge in [0, 0.05) is 13.1 Å². The molecule has 0 radical (unpaired) electrons. The number of amides is 3. The van der Waals surface area contributed by atoms with Gasteiger partial charge in [-0.05, 0) is 62.2 Å². The maximum Gasteiger partial charge on any atom is 0.338 e. The summed E-state index contributed by atoms with van der Waals surface area (Å²) in [7, 11) is 1.74. The molecule has 0 atom stereocenters. The minimum Gasteiger partial charge on any atom is -0.494 e. The van der Waals surface area contributed by atoms with Gasteiger partial charge in [-0.1, -0.05) is 19.3 Å². The average molecular weight is 465 g/mol. The number of carbonyl (C=O) groups is 4. The summed E-state index contributed by atoms with van der Waals surface area (Å²) in [5.41, 5.74) is 0.860. The zero-order valence-electron chi connectivity index (χ0n) is 19.4. The molecule has 2 aliphatic rings. The van der Waals surface area contributed by atoms with Crippen LogP contribution in [-0.4, -0.2) is 54.9 Å². The number of fused-ring (bicyclic) bond motifs is 1. The summed E-state index contributed by atoms with van der Waals surface area (Å²) in [6.07, 6.45) is 5.29. The minimum atomic E-state index is -0.715. The molecule has 0 N–H and O–H groups in total. The second kappa shape index (κ2) is 10.1. The predicted molar refractivity (Wildman–Crippen MR) is 125 cm³/mol. The summed E-state index contributed by atoms with van der Waals surface area (Å²) in [5.74, 6) is -1.32. The number of hydrogen-bond donors (Lipinski definition) is 0. The van der Waals surface area contributed by atoms with E-state index in [0.717, 1.165) is 30.6 Å². The van der Waals surface area contributed by atoms with Crippen molar-refractivity contribution in [3.05, 3.63) is 59.2 Å². The molecule has 0 saturated heterocycles. The first-order valence-electron chi connectivity index (χ1n) is 11.6. The lowest BCUT2D eigenvalue weighted by atomic mass is 9.94. The molecule has 1 heterocycles. The van der Waals surface area contributed by atoms with Gasteiger partial charge in [-0.25, -0.2) is 9.69 Å². The normalized spacial score (nSPS) is 15.8. The van der Waals surface area contributed by atoms with Crippen LogP contribution in [0.15, 0.2) is 42.5 Å². The van der Waals surface area contributed by atoms with Gasteiger partial charge in [-0.15, -0.1) is 0 Å². The molecule has 1 fully saturated rings. The van der Waals surface area contributed by atoms with Crippen LogP contribution >= 0.6 is 0 Å². The average Bonchev–Trinajstić information content (AvgIpc) is 3.12.